The maximum atomic E-state index is 11.7. The third-order valence-electron chi connectivity index (χ3n) is 2.26. The molecular weight excluding hydrogens is 224 g/mol. The molecule has 4 nitrogen and oxygen atoms in total. The molecule has 16 heavy (non-hydrogen) atoms. The lowest BCUT2D eigenvalue weighted by molar-refractivity contribution is -0.121. The van der Waals surface area contributed by atoms with Gasteiger partial charge in [-0.25, -0.2) is 0 Å². The summed E-state index contributed by atoms with van der Waals surface area (Å²) in [4.78, 5) is 13.0. The van der Waals surface area contributed by atoms with E-state index in [2.05, 4.69) is 5.32 Å². The van der Waals surface area contributed by atoms with Gasteiger partial charge in [-0.3, -0.25) is 9.69 Å². The van der Waals surface area contributed by atoms with E-state index in [0.29, 0.717) is 10.8 Å². The Bertz CT molecular complexity index is 497. The van der Waals surface area contributed by atoms with E-state index in [4.69, 9.17) is 12.2 Å². The molecule has 2 N–H and O–H groups in total. The number of rotatable bonds is 1. The molecule has 1 aromatic carbocycles. The van der Waals surface area contributed by atoms with Gasteiger partial charge in [-0.05, 0) is 36.0 Å². The first kappa shape index (κ1) is 10.6. The van der Waals surface area contributed by atoms with Crippen molar-refractivity contribution in [3.63, 3.8) is 0 Å². The molecule has 0 bridgehead atoms. The third kappa shape index (κ3) is 1.90. The number of carbonyl (C=O) groups excluding carboxylic acids is 1. The molecule has 1 saturated heterocycles. The molecule has 82 valence electrons. The van der Waals surface area contributed by atoms with Crippen LogP contribution in [0, 0.1) is 0 Å². The fraction of sp³-hybridized carbons (Fsp3) is 0.0909. The second-order valence-corrected chi connectivity index (χ2v) is 3.83. The van der Waals surface area contributed by atoms with E-state index in [-0.39, 0.29) is 11.7 Å². The van der Waals surface area contributed by atoms with Crippen molar-refractivity contribution >= 4 is 29.3 Å². The number of amides is 1. The summed E-state index contributed by atoms with van der Waals surface area (Å²) in [5, 5.41) is 12.5. The van der Waals surface area contributed by atoms with Crippen molar-refractivity contribution in [3.05, 3.63) is 35.5 Å². The lowest BCUT2D eigenvalue weighted by atomic mass is 10.2. The molecule has 1 aliphatic heterocycles. The zero-order valence-electron chi connectivity index (χ0n) is 8.60. The Morgan fingerprint density at radius 3 is 2.81 bits per heavy atom. The number of hydrogen-bond acceptors (Lipinski definition) is 3. The summed E-state index contributed by atoms with van der Waals surface area (Å²) in [6.07, 6.45) is 1.65. The van der Waals surface area contributed by atoms with Gasteiger partial charge in [0.15, 0.2) is 5.11 Å². The number of phenols is 1. The number of likely N-dealkylation sites (N-methyl/N-ethyl adjacent to an activating group) is 1. The van der Waals surface area contributed by atoms with Crippen molar-refractivity contribution in [2.45, 2.75) is 0 Å². The van der Waals surface area contributed by atoms with Gasteiger partial charge in [-0.15, -0.1) is 0 Å². The lowest BCUT2D eigenvalue weighted by Gasteiger charge is -2.02. The first-order valence-electron chi connectivity index (χ1n) is 4.67. The maximum absolute atomic E-state index is 11.7. The average Bonchev–Trinajstić information content (AvgIpc) is 2.47. The molecule has 1 aliphatic rings. The fourth-order valence-corrected chi connectivity index (χ4v) is 1.60. The van der Waals surface area contributed by atoms with Crippen molar-refractivity contribution < 1.29 is 9.90 Å². The van der Waals surface area contributed by atoms with Crippen molar-refractivity contribution in [3.8, 4) is 5.75 Å². The number of phenolic OH excluding ortho intramolecular Hbond substituents is 1. The van der Waals surface area contributed by atoms with E-state index in [1.807, 2.05) is 0 Å². The summed E-state index contributed by atoms with van der Waals surface area (Å²) >= 11 is 4.94. The number of benzene rings is 1. The minimum Gasteiger partial charge on any atom is -0.508 e. The van der Waals surface area contributed by atoms with Crippen LogP contribution in [0.1, 0.15) is 5.56 Å². The van der Waals surface area contributed by atoms with E-state index < -0.39 is 0 Å². The van der Waals surface area contributed by atoms with Crippen molar-refractivity contribution in [2.24, 2.45) is 0 Å². The summed E-state index contributed by atoms with van der Waals surface area (Å²) in [5.41, 5.74) is 1.16. The standard InChI is InChI=1S/C11H10N2O2S/c1-13-10(15)9(12-11(13)16)6-7-3-2-4-8(14)5-7/h2-6,14H,1H3,(H,12,16)/b9-6-. The Kier molecular flexibility index (Phi) is 2.62. The van der Waals surface area contributed by atoms with Crippen LogP contribution >= 0.6 is 12.2 Å². The van der Waals surface area contributed by atoms with E-state index >= 15 is 0 Å². The third-order valence-corrected chi connectivity index (χ3v) is 2.64. The number of carbonyl (C=O) groups is 1. The number of hydrogen-bond donors (Lipinski definition) is 2. The second kappa shape index (κ2) is 3.94. The van der Waals surface area contributed by atoms with Crippen LogP contribution < -0.4 is 5.32 Å². The number of thiocarbonyl (C=S) groups is 1. The van der Waals surface area contributed by atoms with Crippen molar-refractivity contribution in [1.29, 1.82) is 0 Å². The molecule has 2 rings (SSSR count). The zero-order valence-corrected chi connectivity index (χ0v) is 9.41. The van der Waals surface area contributed by atoms with Crippen LogP contribution in [0.25, 0.3) is 6.08 Å². The first-order chi connectivity index (χ1) is 7.58. The molecule has 0 aliphatic carbocycles. The molecular formula is C11H10N2O2S. The molecule has 0 spiro atoms. The number of nitrogens with one attached hydrogen (secondary N) is 1. The van der Waals surface area contributed by atoms with Crippen LogP contribution in [0.5, 0.6) is 5.75 Å². The van der Waals surface area contributed by atoms with Gasteiger partial charge in [-0.2, -0.15) is 0 Å². The van der Waals surface area contributed by atoms with Gasteiger partial charge in [0.05, 0.1) is 0 Å². The number of nitrogens with zero attached hydrogens (tertiary/aromatic N) is 1. The van der Waals surface area contributed by atoms with Gasteiger partial charge in [0, 0.05) is 7.05 Å². The van der Waals surface area contributed by atoms with Crippen LogP contribution in [0.4, 0.5) is 0 Å². The van der Waals surface area contributed by atoms with Gasteiger partial charge < -0.3 is 10.4 Å². The Morgan fingerprint density at radius 1 is 1.50 bits per heavy atom. The number of aromatic hydroxyl groups is 1. The molecule has 0 atom stereocenters. The Balaban J connectivity index is 2.33. The first-order valence-corrected chi connectivity index (χ1v) is 5.08. The van der Waals surface area contributed by atoms with Gasteiger partial charge in [0.25, 0.3) is 5.91 Å². The second-order valence-electron chi connectivity index (χ2n) is 3.45. The quantitative estimate of drug-likeness (QED) is 0.564. The molecule has 0 aromatic heterocycles. The van der Waals surface area contributed by atoms with Gasteiger partial charge >= 0.3 is 0 Å². The highest BCUT2D eigenvalue weighted by Gasteiger charge is 2.26. The molecule has 0 saturated carbocycles. The highest BCUT2D eigenvalue weighted by atomic mass is 32.1. The smallest absolute Gasteiger partial charge is 0.276 e. The minimum atomic E-state index is -0.173. The predicted molar refractivity (Wildman–Crippen MR) is 64.6 cm³/mol. The van der Waals surface area contributed by atoms with Crippen molar-refractivity contribution in [2.75, 3.05) is 7.05 Å². The largest absolute Gasteiger partial charge is 0.508 e. The van der Waals surface area contributed by atoms with Crippen LogP contribution in [-0.4, -0.2) is 28.1 Å². The highest BCUT2D eigenvalue weighted by molar-refractivity contribution is 7.80. The minimum absolute atomic E-state index is 0.163. The van der Waals surface area contributed by atoms with Gasteiger partial charge in [-0.1, -0.05) is 12.1 Å². The summed E-state index contributed by atoms with van der Waals surface area (Å²) < 4.78 is 0. The highest BCUT2D eigenvalue weighted by Crippen LogP contribution is 2.16. The van der Waals surface area contributed by atoms with Crippen LogP contribution in [0.3, 0.4) is 0 Å². The predicted octanol–water partition coefficient (Wildman–Crippen LogP) is 1.08. The lowest BCUT2D eigenvalue weighted by Crippen LogP contribution is -2.25. The Hall–Kier alpha value is -1.88. The van der Waals surface area contributed by atoms with E-state index in [1.54, 1.807) is 37.4 Å². The monoisotopic (exact) mass is 234 g/mol. The van der Waals surface area contributed by atoms with E-state index in [1.165, 1.54) is 4.90 Å². The molecule has 1 fully saturated rings. The molecule has 1 aromatic rings. The molecule has 0 radical (unpaired) electrons. The fourth-order valence-electron chi connectivity index (χ4n) is 1.40. The summed E-state index contributed by atoms with van der Waals surface area (Å²) in [6.45, 7) is 0. The summed E-state index contributed by atoms with van der Waals surface area (Å²) in [5.74, 6) is -0.0101. The zero-order chi connectivity index (χ0) is 11.7. The average molecular weight is 234 g/mol. The summed E-state index contributed by atoms with van der Waals surface area (Å²) in [7, 11) is 1.61. The molecule has 1 heterocycles. The Morgan fingerprint density at radius 2 is 2.25 bits per heavy atom. The molecule has 0 unspecified atom stereocenters. The van der Waals surface area contributed by atoms with E-state index in [9.17, 15) is 9.90 Å². The Labute approximate surface area is 98.2 Å². The molecule has 5 heteroatoms. The summed E-state index contributed by atoms with van der Waals surface area (Å²) in [6, 6.07) is 6.65. The van der Waals surface area contributed by atoms with Crippen LogP contribution in [-0.2, 0) is 4.79 Å². The van der Waals surface area contributed by atoms with Gasteiger partial charge in [0.2, 0.25) is 0 Å². The van der Waals surface area contributed by atoms with Crippen LogP contribution in [0.15, 0.2) is 30.0 Å². The van der Waals surface area contributed by atoms with Gasteiger partial charge in [0.1, 0.15) is 11.4 Å². The normalized spacial score (nSPS) is 18.1. The molecule has 1 amide bonds. The maximum Gasteiger partial charge on any atom is 0.276 e. The SMILES string of the molecule is CN1C(=O)/C(=C/c2cccc(O)c2)NC1=S. The van der Waals surface area contributed by atoms with Crippen molar-refractivity contribution in [1.82, 2.24) is 10.2 Å². The topological polar surface area (TPSA) is 52.6 Å². The van der Waals surface area contributed by atoms with E-state index in [0.717, 1.165) is 5.56 Å². The van der Waals surface area contributed by atoms with Crippen LogP contribution in [0.2, 0.25) is 0 Å².